The largest absolute Gasteiger partial charge is 0.416 e. The number of hydrogen-bond acceptors (Lipinski definition) is 3. The molecule has 144 valence electrons. The second-order valence-electron chi connectivity index (χ2n) is 6.51. The zero-order valence-electron chi connectivity index (χ0n) is 14.7. The van der Waals surface area contributed by atoms with Gasteiger partial charge in [0.05, 0.1) is 12.1 Å². The molecule has 1 aliphatic heterocycles. The van der Waals surface area contributed by atoms with Crippen LogP contribution in [0.1, 0.15) is 24.0 Å². The van der Waals surface area contributed by atoms with Crippen molar-refractivity contribution in [2.75, 3.05) is 25.1 Å². The smallest absolute Gasteiger partial charge is 0.381 e. The normalized spacial score (nSPS) is 17.5. The van der Waals surface area contributed by atoms with Crippen molar-refractivity contribution in [3.63, 3.8) is 0 Å². The van der Waals surface area contributed by atoms with Crippen LogP contribution in [0.15, 0.2) is 53.7 Å². The number of anilines is 1. The number of pyridine rings is 1. The lowest BCUT2D eigenvalue weighted by Crippen LogP contribution is -2.38. The van der Waals surface area contributed by atoms with E-state index in [1.165, 1.54) is 12.1 Å². The quantitative estimate of drug-likeness (QED) is 0.630. The second kappa shape index (κ2) is 7.96. The van der Waals surface area contributed by atoms with Gasteiger partial charge in [-0.05, 0) is 36.6 Å². The maximum absolute atomic E-state index is 13.1. The minimum Gasteiger partial charge on any atom is -0.381 e. The Morgan fingerprint density at radius 3 is 2.63 bits per heavy atom. The van der Waals surface area contributed by atoms with Gasteiger partial charge in [-0.1, -0.05) is 24.3 Å². The van der Waals surface area contributed by atoms with Crippen molar-refractivity contribution in [3.05, 3.63) is 59.8 Å². The van der Waals surface area contributed by atoms with E-state index in [0.717, 1.165) is 6.07 Å². The van der Waals surface area contributed by atoms with E-state index in [1.54, 1.807) is 24.4 Å². The van der Waals surface area contributed by atoms with Gasteiger partial charge in [-0.15, -0.1) is 0 Å². The third-order valence-corrected chi connectivity index (χ3v) is 4.73. The van der Waals surface area contributed by atoms with E-state index in [-0.39, 0.29) is 12.5 Å². The number of alkyl halides is 3. The van der Waals surface area contributed by atoms with Crippen LogP contribution in [0.3, 0.4) is 0 Å². The van der Waals surface area contributed by atoms with Crippen molar-refractivity contribution >= 4 is 11.8 Å². The molecule has 2 heterocycles. The van der Waals surface area contributed by atoms with Crippen LogP contribution in [0, 0.1) is 0 Å². The van der Waals surface area contributed by atoms with E-state index < -0.39 is 17.2 Å². The van der Waals surface area contributed by atoms with Crippen LogP contribution in [0.5, 0.6) is 0 Å². The van der Waals surface area contributed by atoms with Gasteiger partial charge in [-0.2, -0.15) is 13.2 Å². The first-order valence-corrected chi connectivity index (χ1v) is 8.63. The monoisotopic (exact) mass is 378 g/mol. The molecular formula is C19H21F3N4O. The van der Waals surface area contributed by atoms with E-state index in [2.05, 4.69) is 15.3 Å². The highest BCUT2D eigenvalue weighted by molar-refractivity contribution is 5.91. The molecular weight excluding hydrogens is 357 g/mol. The molecule has 0 bridgehead atoms. The van der Waals surface area contributed by atoms with Crippen LogP contribution in [0.4, 0.5) is 19.0 Å². The molecule has 0 spiro atoms. The molecule has 1 fully saturated rings. The van der Waals surface area contributed by atoms with E-state index in [9.17, 15) is 13.2 Å². The Hall–Kier alpha value is -2.61. The number of hydrogen-bond donors (Lipinski definition) is 2. The summed E-state index contributed by atoms with van der Waals surface area (Å²) < 4.78 is 44.8. The summed E-state index contributed by atoms with van der Waals surface area (Å²) in [5.41, 5.74) is 5.35. The maximum atomic E-state index is 13.1. The number of halogens is 3. The summed E-state index contributed by atoms with van der Waals surface area (Å²) in [6.45, 7) is 1.21. The molecule has 0 aliphatic carbocycles. The average molecular weight is 378 g/mol. The number of nitrogens with two attached hydrogens (primary N) is 1. The average Bonchev–Trinajstić information content (AvgIpc) is 2.67. The second-order valence-corrected chi connectivity index (χ2v) is 6.51. The van der Waals surface area contributed by atoms with Crippen molar-refractivity contribution in [1.82, 2.24) is 4.98 Å². The fourth-order valence-electron chi connectivity index (χ4n) is 3.17. The lowest BCUT2D eigenvalue weighted by atomic mass is 9.74. The molecule has 0 atom stereocenters. The molecule has 1 aromatic carbocycles. The van der Waals surface area contributed by atoms with Gasteiger partial charge >= 0.3 is 6.18 Å². The van der Waals surface area contributed by atoms with Gasteiger partial charge in [0.2, 0.25) is 0 Å². The molecule has 27 heavy (non-hydrogen) atoms. The Balaban J connectivity index is 1.84. The number of ether oxygens (including phenoxy) is 1. The molecule has 0 radical (unpaired) electrons. The predicted molar refractivity (Wildman–Crippen MR) is 97.5 cm³/mol. The topological polar surface area (TPSA) is 72.5 Å². The Bertz CT molecular complexity index is 787. The van der Waals surface area contributed by atoms with Gasteiger partial charge in [0.1, 0.15) is 5.82 Å². The Morgan fingerprint density at radius 1 is 1.19 bits per heavy atom. The van der Waals surface area contributed by atoms with Crippen molar-refractivity contribution in [1.29, 1.82) is 0 Å². The number of aromatic nitrogens is 1. The molecule has 0 saturated carbocycles. The maximum Gasteiger partial charge on any atom is 0.416 e. The summed E-state index contributed by atoms with van der Waals surface area (Å²) in [6, 6.07) is 10.8. The zero-order valence-corrected chi connectivity index (χ0v) is 14.7. The van der Waals surface area contributed by atoms with Crippen LogP contribution in [-0.4, -0.2) is 30.7 Å². The van der Waals surface area contributed by atoms with Crippen LogP contribution in [0.2, 0.25) is 0 Å². The van der Waals surface area contributed by atoms with E-state index in [1.807, 2.05) is 6.07 Å². The molecule has 3 rings (SSSR count). The molecule has 8 heteroatoms. The third-order valence-electron chi connectivity index (χ3n) is 4.73. The van der Waals surface area contributed by atoms with Crippen LogP contribution >= 0.6 is 0 Å². The van der Waals surface area contributed by atoms with Crippen LogP contribution < -0.4 is 11.1 Å². The van der Waals surface area contributed by atoms with Gasteiger partial charge in [0, 0.05) is 24.8 Å². The van der Waals surface area contributed by atoms with E-state index >= 15 is 0 Å². The standard InChI is InChI=1S/C19H21F3N4O/c20-19(21,22)15-5-3-4-14(12-15)18(7-10-27-11-8-18)13-25-17(23)26-16-6-1-2-9-24-16/h1-6,9,12H,7-8,10-11,13H2,(H3,23,24,25,26). The van der Waals surface area contributed by atoms with Crippen LogP contribution in [0.25, 0.3) is 0 Å². The highest BCUT2D eigenvalue weighted by atomic mass is 19.4. The number of nitrogens with one attached hydrogen (secondary N) is 1. The van der Waals surface area contributed by atoms with Gasteiger partial charge in [0.25, 0.3) is 0 Å². The molecule has 3 N–H and O–H groups in total. The number of rotatable bonds is 4. The highest BCUT2D eigenvalue weighted by Crippen LogP contribution is 2.38. The third kappa shape index (κ3) is 4.77. The fraction of sp³-hybridized carbons (Fsp3) is 0.368. The lowest BCUT2D eigenvalue weighted by molar-refractivity contribution is -0.137. The van der Waals surface area contributed by atoms with Gasteiger partial charge in [-0.3, -0.25) is 4.99 Å². The SMILES string of the molecule is NC(=NCC1(c2cccc(C(F)(F)F)c2)CCOCC1)Nc1ccccn1. The minimum atomic E-state index is -4.38. The van der Waals surface area contributed by atoms with Gasteiger partial charge in [0.15, 0.2) is 5.96 Å². The number of guanidine groups is 1. The first kappa shape index (κ1) is 19.2. The van der Waals surface area contributed by atoms with Gasteiger partial charge < -0.3 is 15.8 Å². The van der Waals surface area contributed by atoms with E-state index in [0.29, 0.717) is 37.4 Å². The molecule has 0 unspecified atom stereocenters. The molecule has 2 aromatic rings. The summed E-state index contributed by atoms with van der Waals surface area (Å²) in [4.78, 5) is 8.50. The summed E-state index contributed by atoms with van der Waals surface area (Å²) in [7, 11) is 0. The number of benzene rings is 1. The fourth-order valence-corrected chi connectivity index (χ4v) is 3.17. The summed E-state index contributed by atoms with van der Waals surface area (Å²) in [5, 5.41) is 2.89. The summed E-state index contributed by atoms with van der Waals surface area (Å²) >= 11 is 0. The number of nitrogens with zero attached hydrogens (tertiary/aromatic N) is 2. The Morgan fingerprint density at radius 2 is 1.96 bits per heavy atom. The zero-order chi connectivity index (χ0) is 19.3. The molecule has 5 nitrogen and oxygen atoms in total. The Labute approximate surface area is 155 Å². The van der Waals surface area contributed by atoms with Crippen LogP contribution in [-0.2, 0) is 16.3 Å². The molecule has 1 saturated heterocycles. The minimum absolute atomic E-state index is 0.173. The van der Waals surface area contributed by atoms with Crippen molar-refractivity contribution in [2.45, 2.75) is 24.4 Å². The van der Waals surface area contributed by atoms with Crippen molar-refractivity contribution in [2.24, 2.45) is 10.7 Å². The molecule has 0 amide bonds. The number of aliphatic imine (C=N–C) groups is 1. The lowest BCUT2D eigenvalue weighted by Gasteiger charge is -2.37. The van der Waals surface area contributed by atoms with Gasteiger partial charge in [-0.25, -0.2) is 4.98 Å². The van der Waals surface area contributed by atoms with Crippen molar-refractivity contribution in [3.8, 4) is 0 Å². The highest BCUT2D eigenvalue weighted by Gasteiger charge is 2.37. The first-order valence-electron chi connectivity index (χ1n) is 8.63. The van der Waals surface area contributed by atoms with E-state index in [4.69, 9.17) is 10.5 Å². The van der Waals surface area contributed by atoms with Crippen molar-refractivity contribution < 1.29 is 17.9 Å². The Kier molecular flexibility index (Phi) is 5.65. The molecule has 1 aliphatic rings. The summed E-state index contributed by atoms with van der Waals surface area (Å²) in [6.07, 6.45) is -1.60. The first-order chi connectivity index (χ1) is 12.9. The summed E-state index contributed by atoms with van der Waals surface area (Å²) in [5.74, 6) is 0.727. The molecule has 1 aromatic heterocycles. The predicted octanol–water partition coefficient (Wildman–Crippen LogP) is 3.58.